The van der Waals surface area contributed by atoms with Gasteiger partial charge in [-0.1, -0.05) is 30.3 Å². The second kappa shape index (κ2) is 9.33. The Kier molecular flexibility index (Phi) is 6.05. The quantitative estimate of drug-likeness (QED) is 0.313. The zero-order chi connectivity index (χ0) is 25.4. The molecule has 36 heavy (non-hydrogen) atoms. The number of aryl methyl sites for hydroxylation is 2. The van der Waals surface area contributed by atoms with Gasteiger partial charge in [0.15, 0.2) is 6.61 Å². The molecule has 0 amide bonds. The van der Waals surface area contributed by atoms with Crippen LogP contribution < -0.4 is 17.0 Å². The number of benzene rings is 2. The van der Waals surface area contributed by atoms with Crippen molar-refractivity contribution in [1.29, 1.82) is 0 Å². The number of hydrogen-bond donors (Lipinski definition) is 1. The van der Waals surface area contributed by atoms with Gasteiger partial charge in [0.1, 0.15) is 17.0 Å². The normalized spacial score (nSPS) is 12.6. The Morgan fingerprint density at radius 1 is 1.08 bits per heavy atom. The topological polar surface area (TPSA) is 127 Å². The van der Waals surface area contributed by atoms with E-state index in [0.29, 0.717) is 11.1 Å². The van der Waals surface area contributed by atoms with Gasteiger partial charge in [0.25, 0.3) is 5.56 Å². The van der Waals surface area contributed by atoms with Crippen LogP contribution in [0.5, 0.6) is 0 Å². The van der Waals surface area contributed by atoms with Crippen molar-refractivity contribution in [2.45, 2.75) is 32.2 Å². The third kappa shape index (κ3) is 4.24. The number of nitrogen functional groups attached to an aromatic ring is 1. The first-order valence-corrected chi connectivity index (χ1v) is 11.7. The highest BCUT2D eigenvalue weighted by atomic mass is 16.5. The predicted octanol–water partition coefficient (Wildman–Crippen LogP) is 2.38. The van der Waals surface area contributed by atoms with Crippen LogP contribution in [-0.4, -0.2) is 27.5 Å². The van der Waals surface area contributed by atoms with Gasteiger partial charge in [0, 0.05) is 18.0 Å². The second-order valence-corrected chi connectivity index (χ2v) is 8.97. The minimum absolute atomic E-state index is 0.0803. The van der Waals surface area contributed by atoms with E-state index in [1.54, 1.807) is 24.3 Å². The number of furan rings is 1. The molecule has 0 fully saturated rings. The number of esters is 1. The Labute approximate surface area is 205 Å². The number of hydrogen-bond acceptors (Lipinski definition) is 7. The maximum Gasteiger partial charge on any atom is 0.332 e. The van der Waals surface area contributed by atoms with Crippen LogP contribution in [0.25, 0.3) is 11.0 Å². The molecular formula is C27H25N3O6. The number of fused-ring (bicyclic) bond motifs is 2. The van der Waals surface area contributed by atoms with E-state index < -0.39 is 29.6 Å². The van der Waals surface area contributed by atoms with Crippen LogP contribution in [0.1, 0.15) is 39.0 Å². The van der Waals surface area contributed by atoms with Gasteiger partial charge in [-0.05, 0) is 48.1 Å². The third-order valence-corrected chi connectivity index (χ3v) is 6.61. The summed E-state index contributed by atoms with van der Waals surface area (Å²) in [4.78, 5) is 50.8. The summed E-state index contributed by atoms with van der Waals surface area (Å²) >= 11 is 0. The summed E-state index contributed by atoms with van der Waals surface area (Å²) in [7, 11) is 1.27. The first-order chi connectivity index (χ1) is 17.3. The fourth-order valence-corrected chi connectivity index (χ4v) is 4.67. The highest BCUT2D eigenvalue weighted by Gasteiger charge is 2.23. The standard InChI is InChI=1S/C27H25N3O6/c1-29-26(33)24(25(28)30(27(29)34)13-16-6-3-2-4-7-16)21(31)15-36-23(32)12-19-14-35-22-11-18-9-5-8-17(18)10-20(19)22/h2-4,6-7,10-11,14H,5,8-9,12-13,15,28H2,1H3. The van der Waals surface area contributed by atoms with E-state index in [1.807, 2.05) is 12.1 Å². The van der Waals surface area contributed by atoms with Crippen molar-refractivity contribution in [3.63, 3.8) is 0 Å². The number of ketones is 1. The van der Waals surface area contributed by atoms with Crippen molar-refractivity contribution in [3.8, 4) is 0 Å². The van der Waals surface area contributed by atoms with Gasteiger partial charge in [0.2, 0.25) is 5.78 Å². The van der Waals surface area contributed by atoms with Crippen LogP contribution >= 0.6 is 0 Å². The molecule has 0 bridgehead atoms. The number of carbonyl (C=O) groups is 2. The summed E-state index contributed by atoms with van der Waals surface area (Å²) in [6.45, 7) is -0.593. The Morgan fingerprint density at radius 2 is 1.81 bits per heavy atom. The predicted molar refractivity (Wildman–Crippen MR) is 133 cm³/mol. The van der Waals surface area contributed by atoms with E-state index in [1.165, 1.54) is 24.4 Å². The summed E-state index contributed by atoms with van der Waals surface area (Å²) in [5.41, 5.74) is 8.92. The highest BCUT2D eigenvalue weighted by molar-refractivity contribution is 6.01. The molecule has 0 radical (unpaired) electrons. The molecule has 0 atom stereocenters. The smallest absolute Gasteiger partial charge is 0.332 e. The Hall–Kier alpha value is -4.40. The van der Waals surface area contributed by atoms with Crippen molar-refractivity contribution >= 4 is 28.5 Å². The van der Waals surface area contributed by atoms with Gasteiger partial charge in [-0.2, -0.15) is 0 Å². The Balaban J connectivity index is 1.33. The minimum atomic E-state index is -0.836. The van der Waals surface area contributed by atoms with Crippen molar-refractivity contribution < 1.29 is 18.7 Å². The van der Waals surface area contributed by atoms with Crippen LogP contribution in [0.3, 0.4) is 0 Å². The van der Waals surface area contributed by atoms with E-state index in [-0.39, 0.29) is 24.3 Å². The van der Waals surface area contributed by atoms with Crippen LogP contribution in [-0.2, 0) is 42.4 Å². The molecule has 2 aromatic heterocycles. The maximum atomic E-state index is 12.9. The fraction of sp³-hybridized carbons (Fsp3) is 0.259. The molecule has 9 nitrogen and oxygen atoms in total. The zero-order valence-electron chi connectivity index (χ0n) is 19.8. The second-order valence-electron chi connectivity index (χ2n) is 8.97. The fourth-order valence-electron chi connectivity index (χ4n) is 4.67. The molecule has 1 aliphatic carbocycles. The molecular weight excluding hydrogens is 462 g/mol. The number of rotatable bonds is 7. The van der Waals surface area contributed by atoms with Crippen LogP contribution in [0, 0.1) is 0 Å². The molecule has 5 rings (SSSR count). The van der Waals surface area contributed by atoms with E-state index in [2.05, 4.69) is 6.07 Å². The summed E-state index contributed by atoms with van der Waals surface area (Å²) < 4.78 is 12.8. The molecule has 1 aliphatic rings. The van der Waals surface area contributed by atoms with Crippen molar-refractivity contribution in [1.82, 2.24) is 9.13 Å². The van der Waals surface area contributed by atoms with Gasteiger partial charge < -0.3 is 14.9 Å². The Morgan fingerprint density at radius 3 is 2.56 bits per heavy atom. The van der Waals surface area contributed by atoms with Gasteiger partial charge in [0.05, 0.1) is 19.2 Å². The zero-order valence-corrected chi connectivity index (χ0v) is 19.8. The minimum Gasteiger partial charge on any atom is -0.464 e. The number of anilines is 1. The van der Waals surface area contributed by atoms with Gasteiger partial charge in [-0.15, -0.1) is 0 Å². The third-order valence-electron chi connectivity index (χ3n) is 6.61. The molecule has 184 valence electrons. The molecule has 2 heterocycles. The Bertz CT molecular complexity index is 1610. The van der Waals surface area contributed by atoms with Crippen LogP contribution in [0.15, 0.2) is 62.7 Å². The number of carbonyl (C=O) groups excluding carboxylic acids is 2. The average Bonchev–Trinajstić information content (AvgIpc) is 3.50. The highest BCUT2D eigenvalue weighted by Crippen LogP contribution is 2.30. The van der Waals surface area contributed by atoms with E-state index in [0.717, 1.165) is 39.3 Å². The van der Waals surface area contributed by atoms with Crippen molar-refractivity contribution in [2.75, 3.05) is 12.3 Å². The van der Waals surface area contributed by atoms with Gasteiger partial charge >= 0.3 is 11.7 Å². The summed E-state index contributed by atoms with van der Waals surface area (Å²) in [5.74, 6) is -1.68. The number of nitrogens with two attached hydrogens (primary N) is 1. The lowest BCUT2D eigenvalue weighted by Gasteiger charge is -2.14. The maximum absolute atomic E-state index is 12.9. The molecule has 2 aromatic carbocycles. The first kappa shape index (κ1) is 23.3. The van der Waals surface area contributed by atoms with E-state index in [9.17, 15) is 19.2 Å². The monoisotopic (exact) mass is 487 g/mol. The molecule has 0 saturated carbocycles. The van der Waals surface area contributed by atoms with E-state index in [4.69, 9.17) is 14.9 Å². The molecule has 2 N–H and O–H groups in total. The number of ether oxygens (including phenoxy) is 1. The van der Waals surface area contributed by atoms with Crippen molar-refractivity contribution in [2.24, 2.45) is 7.05 Å². The SMILES string of the molecule is Cn1c(=O)c(C(=O)COC(=O)Cc2coc3cc4c(cc23)CCC4)c(N)n(Cc2ccccc2)c1=O. The molecule has 0 saturated heterocycles. The van der Waals surface area contributed by atoms with Gasteiger partial charge in [-0.25, -0.2) is 4.79 Å². The molecule has 0 aliphatic heterocycles. The summed E-state index contributed by atoms with van der Waals surface area (Å²) in [6, 6.07) is 13.1. The summed E-state index contributed by atoms with van der Waals surface area (Å²) in [5, 5.41) is 0.852. The molecule has 4 aromatic rings. The molecule has 0 unspecified atom stereocenters. The van der Waals surface area contributed by atoms with Crippen molar-refractivity contribution in [3.05, 3.63) is 97.4 Å². The first-order valence-electron chi connectivity index (χ1n) is 11.7. The van der Waals surface area contributed by atoms with Gasteiger partial charge in [-0.3, -0.25) is 23.5 Å². The van der Waals surface area contributed by atoms with E-state index >= 15 is 0 Å². The lowest BCUT2D eigenvalue weighted by molar-refractivity contribution is -0.141. The summed E-state index contributed by atoms with van der Waals surface area (Å²) in [6.07, 6.45) is 4.56. The van der Waals surface area contributed by atoms with Crippen LogP contribution in [0.4, 0.5) is 5.82 Å². The van der Waals surface area contributed by atoms with Crippen LogP contribution in [0.2, 0.25) is 0 Å². The number of Topliss-reactive ketones (excluding diaryl/α,β-unsaturated/α-hetero) is 1. The largest absolute Gasteiger partial charge is 0.464 e. The molecule has 0 spiro atoms. The molecule has 9 heteroatoms. The average molecular weight is 488 g/mol. The lowest BCUT2D eigenvalue weighted by Crippen LogP contribution is -2.43. The number of aromatic nitrogens is 2. The lowest BCUT2D eigenvalue weighted by atomic mass is 10.0. The number of nitrogens with zero attached hydrogens (tertiary/aromatic N) is 2.